The number of aromatic hydroxyl groups is 1. The lowest BCUT2D eigenvalue weighted by Crippen LogP contribution is -2.42. The molecule has 180 valence electrons. The molecule has 2 heterocycles. The first kappa shape index (κ1) is 23.9. The summed E-state index contributed by atoms with van der Waals surface area (Å²) in [6.07, 6.45) is 4.92. The fourth-order valence-electron chi connectivity index (χ4n) is 4.03. The van der Waals surface area contributed by atoms with Gasteiger partial charge in [0.25, 0.3) is 11.8 Å². The predicted octanol–water partition coefficient (Wildman–Crippen LogP) is 2.78. The van der Waals surface area contributed by atoms with Gasteiger partial charge in [0.15, 0.2) is 0 Å². The van der Waals surface area contributed by atoms with Gasteiger partial charge in [-0.1, -0.05) is 18.2 Å². The van der Waals surface area contributed by atoms with E-state index in [4.69, 9.17) is 0 Å². The molecule has 8 nitrogen and oxygen atoms in total. The molecule has 3 N–H and O–H groups in total. The lowest BCUT2D eigenvalue weighted by atomic mass is 9.98. The maximum atomic E-state index is 13.0. The number of hydrogen-bond donors (Lipinski definition) is 3. The van der Waals surface area contributed by atoms with Crippen molar-refractivity contribution in [2.24, 2.45) is 0 Å². The zero-order valence-corrected chi connectivity index (χ0v) is 19.4. The van der Waals surface area contributed by atoms with Crippen LogP contribution in [0.5, 0.6) is 5.75 Å². The normalized spacial score (nSPS) is 15.4. The zero-order chi connectivity index (χ0) is 24.6. The Labute approximate surface area is 204 Å². The zero-order valence-electron chi connectivity index (χ0n) is 19.4. The van der Waals surface area contributed by atoms with Gasteiger partial charge in [0.2, 0.25) is 5.91 Å². The Morgan fingerprint density at radius 2 is 1.71 bits per heavy atom. The van der Waals surface area contributed by atoms with Crippen LogP contribution >= 0.6 is 0 Å². The smallest absolute Gasteiger partial charge is 0.254 e. The predicted molar refractivity (Wildman–Crippen MR) is 132 cm³/mol. The molecule has 3 amide bonds. The minimum atomic E-state index is -0.242. The van der Waals surface area contributed by atoms with Crippen LogP contribution in [0, 0.1) is 0 Å². The molecule has 3 aromatic rings. The van der Waals surface area contributed by atoms with Gasteiger partial charge in [-0.3, -0.25) is 19.4 Å². The van der Waals surface area contributed by atoms with Crippen LogP contribution in [0.15, 0.2) is 67.0 Å². The van der Waals surface area contributed by atoms with Gasteiger partial charge in [-0.05, 0) is 66.8 Å². The van der Waals surface area contributed by atoms with Crippen LogP contribution < -0.4 is 10.6 Å². The molecule has 0 spiro atoms. The number of phenolic OH excluding ortho intramolecular Hbond substituents is 1. The van der Waals surface area contributed by atoms with Crippen molar-refractivity contribution in [1.82, 2.24) is 20.5 Å². The second kappa shape index (κ2) is 11.3. The molecule has 0 aliphatic carbocycles. The average molecular weight is 473 g/mol. The highest BCUT2D eigenvalue weighted by molar-refractivity contribution is 5.96. The average Bonchev–Trinajstić information content (AvgIpc) is 2.88. The van der Waals surface area contributed by atoms with Crippen molar-refractivity contribution < 1.29 is 19.5 Å². The van der Waals surface area contributed by atoms with Crippen LogP contribution in [0.1, 0.15) is 39.1 Å². The number of benzene rings is 2. The van der Waals surface area contributed by atoms with E-state index in [1.165, 1.54) is 4.90 Å². The fraction of sp³-hybridized carbons (Fsp3) is 0.259. The highest BCUT2D eigenvalue weighted by Crippen LogP contribution is 2.30. The first-order chi connectivity index (χ1) is 17.0. The van der Waals surface area contributed by atoms with E-state index in [-0.39, 0.29) is 30.0 Å². The quantitative estimate of drug-likeness (QED) is 0.504. The van der Waals surface area contributed by atoms with E-state index in [0.717, 1.165) is 11.1 Å². The Morgan fingerprint density at radius 1 is 0.914 bits per heavy atom. The first-order valence-corrected chi connectivity index (χ1v) is 11.7. The third-order valence-corrected chi connectivity index (χ3v) is 5.92. The molecule has 1 aromatic heterocycles. The summed E-state index contributed by atoms with van der Waals surface area (Å²) in [6.45, 7) is 1.16. The Morgan fingerprint density at radius 3 is 2.54 bits per heavy atom. The van der Waals surface area contributed by atoms with Gasteiger partial charge in [0.1, 0.15) is 5.75 Å². The number of nitrogens with one attached hydrogen (secondary N) is 2. The van der Waals surface area contributed by atoms with Crippen LogP contribution in [-0.4, -0.2) is 58.9 Å². The van der Waals surface area contributed by atoms with Crippen molar-refractivity contribution in [2.75, 3.05) is 26.2 Å². The van der Waals surface area contributed by atoms with Crippen LogP contribution in [-0.2, 0) is 11.2 Å². The van der Waals surface area contributed by atoms with Crippen LogP contribution in [0.2, 0.25) is 0 Å². The number of aromatic nitrogens is 1. The van der Waals surface area contributed by atoms with Crippen molar-refractivity contribution in [2.45, 2.75) is 19.3 Å². The van der Waals surface area contributed by atoms with E-state index in [1.54, 1.807) is 54.9 Å². The number of carbonyl (C=O) groups is 3. The maximum Gasteiger partial charge on any atom is 0.254 e. The van der Waals surface area contributed by atoms with Gasteiger partial charge in [0, 0.05) is 48.7 Å². The number of amides is 3. The molecule has 4 rings (SSSR count). The van der Waals surface area contributed by atoms with Gasteiger partial charge in [-0.25, -0.2) is 0 Å². The second-order valence-corrected chi connectivity index (χ2v) is 8.46. The van der Waals surface area contributed by atoms with Crippen molar-refractivity contribution in [1.29, 1.82) is 0 Å². The topological polar surface area (TPSA) is 112 Å². The van der Waals surface area contributed by atoms with Gasteiger partial charge in [0.05, 0.1) is 6.54 Å². The minimum Gasteiger partial charge on any atom is -0.507 e. The molecule has 4 bridgehead atoms. The van der Waals surface area contributed by atoms with Crippen LogP contribution in [0.4, 0.5) is 0 Å². The van der Waals surface area contributed by atoms with Gasteiger partial charge < -0.3 is 20.6 Å². The Balaban J connectivity index is 1.55. The fourth-order valence-corrected chi connectivity index (χ4v) is 4.03. The number of fused-ring (bicyclic) bond motifs is 5. The number of rotatable bonds is 1. The molecule has 35 heavy (non-hydrogen) atoms. The van der Waals surface area contributed by atoms with E-state index < -0.39 is 0 Å². The lowest BCUT2D eigenvalue weighted by molar-refractivity contribution is -0.121. The van der Waals surface area contributed by atoms with Gasteiger partial charge in [-0.2, -0.15) is 0 Å². The maximum absolute atomic E-state index is 13.0. The number of hydrogen-bond acceptors (Lipinski definition) is 5. The molecule has 0 atom stereocenters. The highest BCUT2D eigenvalue weighted by atomic mass is 16.3. The van der Waals surface area contributed by atoms with Crippen molar-refractivity contribution in [3.8, 4) is 16.9 Å². The summed E-state index contributed by atoms with van der Waals surface area (Å²) in [7, 11) is 0. The summed E-state index contributed by atoms with van der Waals surface area (Å²) < 4.78 is 0. The number of pyridine rings is 1. The van der Waals surface area contributed by atoms with E-state index >= 15 is 0 Å². The van der Waals surface area contributed by atoms with Crippen LogP contribution in [0.25, 0.3) is 11.1 Å². The molecule has 0 saturated carbocycles. The largest absolute Gasteiger partial charge is 0.507 e. The summed E-state index contributed by atoms with van der Waals surface area (Å²) in [4.78, 5) is 43.8. The standard InChI is InChI=1S/C27H28N4O4/c32-24-7-6-19-8-14-29-25(33)18-31(27(35)20-9-12-28-13-10-20)15-2-1-11-30-26(34)22-5-3-4-21(17-22)23(24)16-19/h3-7,9-10,12-13,16-17,32H,1-2,8,11,14-15,18H2,(H,29,33)(H,30,34). The molecule has 0 fully saturated rings. The molecule has 8 heteroatoms. The SMILES string of the molecule is O=C1CN(C(=O)c2ccncc2)CCCCNC(=O)c2cccc(c2)-c2cc(ccc2O)CCN1. The van der Waals surface area contributed by atoms with Gasteiger partial charge >= 0.3 is 0 Å². The summed E-state index contributed by atoms with van der Waals surface area (Å²) >= 11 is 0. The summed E-state index contributed by atoms with van der Waals surface area (Å²) in [5.41, 5.74) is 3.28. The molecule has 1 aliphatic heterocycles. The summed E-state index contributed by atoms with van der Waals surface area (Å²) in [6, 6.07) is 15.7. The minimum absolute atomic E-state index is 0.0566. The molecule has 0 unspecified atom stereocenters. The third-order valence-electron chi connectivity index (χ3n) is 5.92. The number of phenols is 1. The van der Waals surface area contributed by atoms with Crippen LogP contribution in [0.3, 0.4) is 0 Å². The van der Waals surface area contributed by atoms with E-state index in [9.17, 15) is 19.5 Å². The number of carbonyl (C=O) groups excluding carboxylic acids is 3. The van der Waals surface area contributed by atoms with E-state index in [1.807, 2.05) is 12.1 Å². The Hall–Kier alpha value is -4.20. The summed E-state index contributed by atoms with van der Waals surface area (Å²) in [5.74, 6) is -0.558. The van der Waals surface area contributed by atoms with Gasteiger partial charge in [-0.15, -0.1) is 0 Å². The molecule has 0 radical (unpaired) electrons. The highest BCUT2D eigenvalue weighted by Gasteiger charge is 2.19. The third kappa shape index (κ3) is 6.23. The van der Waals surface area contributed by atoms with Crippen molar-refractivity contribution in [3.05, 3.63) is 83.7 Å². The molecular formula is C27H28N4O4. The lowest BCUT2D eigenvalue weighted by Gasteiger charge is -2.22. The molecular weight excluding hydrogens is 444 g/mol. The number of nitrogens with zero attached hydrogens (tertiary/aromatic N) is 2. The molecule has 2 aromatic carbocycles. The van der Waals surface area contributed by atoms with Crippen molar-refractivity contribution in [3.63, 3.8) is 0 Å². The molecule has 1 aliphatic rings. The van der Waals surface area contributed by atoms with E-state index in [0.29, 0.717) is 55.6 Å². The molecule has 0 saturated heterocycles. The Bertz CT molecular complexity index is 1210. The van der Waals surface area contributed by atoms with Crippen molar-refractivity contribution >= 4 is 17.7 Å². The first-order valence-electron chi connectivity index (χ1n) is 11.7. The Kier molecular flexibility index (Phi) is 7.72. The second-order valence-electron chi connectivity index (χ2n) is 8.46. The van der Waals surface area contributed by atoms with E-state index in [2.05, 4.69) is 15.6 Å². The monoisotopic (exact) mass is 472 g/mol. The summed E-state index contributed by atoms with van der Waals surface area (Å²) in [5, 5.41) is 16.2.